The van der Waals surface area contributed by atoms with Crippen molar-refractivity contribution in [3.63, 3.8) is 0 Å². The molecule has 2 aliphatic heterocycles. The van der Waals surface area contributed by atoms with Gasteiger partial charge in [0.1, 0.15) is 0 Å². The number of phenols is 1. The lowest BCUT2D eigenvalue weighted by molar-refractivity contribution is -0.173. The Balaban J connectivity index is 1.59. The van der Waals surface area contributed by atoms with Gasteiger partial charge in [0.05, 0.1) is 36.0 Å². The van der Waals surface area contributed by atoms with E-state index in [4.69, 9.17) is 4.74 Å². The number of fused-ring (bicyclic) bond motifs is 4. The van der Waals surface area contributed by atoms with Crippen molar-refractivity contribution >= 4 is 45.2 Å². The van der Waals surface area contributed by atoms with Crippen molar-refractivity contribution in [3.05, 3.63) is 64.1 Å². The van der Waals surface area contributed by atoms with Crippen LogP contribution in [0.4, 0.5) is 5.69 Å². The molecule has 6 rings (SSSR count). The molecule has 4 amide bonds. The van der Waals surface area contributed by atoms with Crippen LogP contribution in [-0.4, -0.2) is 46.1 Å². The lowest BCUT2D eigenvalue weighted by atomic mass is 9.51. The summed E-state index contributed by atoms with van der Waals surface area (Å²) in [6, 6.07) is 12.0. The van der Waals surface area contributed by atoms with Crippen LogP contribution in [0.15, 0.2) is 58.6 Å². The molecule has 196 valence electrons. The Kier molecular flexibility index (Phi) is 5.55. The fourth-order valence-electron chi connectivity index (χ4n) is 7.14. The van der Waals surface area contributed by atoms with Crippen LogP contribution in [0.2, 0.25) is 0 Å². The van der Waals surface area contributed by atoms with Crippen LogP contribution in [0.5, 0.6) is 11.5 Å². The maximum absolute atomic E-state index is 14.3. The normalized spacial score (nSPS) is 32.2. The highest BCUT2D eigenvalue weighted by atomic mass is 79.9. The second-order valence-electron chi connectivity index (χ2n) is 10.5. The first-order valence-electron chi connectivity index (χ1n) is 12.4. The predicted molar refractivity (Wildman–Crippen MR) is 137 cm³/mol. The van der Waals surface area contributed by atoms with Gasteiger partial charge in [0, 0.05) is 16.0 Å². The molecule has 2 aromatic rings. The number of aromatic hydroxyl groups is 1. The van der Waals surface area contributed by atoms with Crippen LogP contribution in [0.3, 0.4) is 0 Å². The Labute approximate surface area is 226 Å². The van der Waals surface area contributed by atoms with Gasteiger partial charge in [-0.05, 0) is 49.9 Å². The fourth-order valence-corrected chi connectivity index (χ4v) is 7.59. The van der Waals surface area contributed by atoms with E-state index in [0.717, 1.165) is 0 Å². The third-order valence-corrected chi connectivity index (χ3v) is 9.32. The largest absolute Gasteiger partial charge is 0.504 e. The number of methoxy groups -OCH3 is 1. The molecule has 0 spiro atoms. The summed E-state index contributed by atoms with van der Waals surface area (Å²) >= 11 is 3.47. The Bertz CT molecular complexity index is 1440. The van der Waals surface area contributed by atoms with E-state index in [2.05, 4.69) is 15.9 Å². The van der Waals surface area contributed by atoms with Crippen LogP contribution in [0.1, 0.15) is 31.2 Å². The van der Waals surface area contributed by atoms with Gasteiger partial charge in [0.15, 0.2) is 11.5 Å². The molecule has 2 aliphatic carbocycles. The molecule has 9 nitrogen and oxygen atoms in total. The Morgan fingerprint density at radius 2 is 1.74 bits per heavy atom. The van der Waals surface area contributed by atoms with E-state index < -0.39 is 58.6 Å². The van der Waals surface area contributed by atoms with Gasteiger partial charge in [0.2, 0.25) is 11.8 Å². The first-order chi connectivity index (χ1) is 18.1. The minimum atomic E-state index is -1.30. The Morgan fingerprint density at radius 1 is 1.03 bits per heavy atom. The van der Waals surface area contributed by atoms with Gasteiger partial charge >= 0.3 is 0 Å². The smallest absolute Gasteiger partial charge is 0.257 e. The second-order valence-corrected chi connectivity index (χ2v) is 11.4. The molecule has 6 atom stereocenters. The summed E-state index contributed by atoms with van der Waals surface area (Å²) in [5.74, 6) is -5.94. The third-order valence-electron chi connectivity index (χ3n) is 8.87. The molecular formula is C28H25BrN2O7. The zero-order chi connectivity index (χ0) is 27.1. The summed E-state index contributed by atoms with van der Waals surface area (Å²) in [5, 5.41) is 21.6. The van der Waals surface area contributed by atoms with Crippen LogP contribution < -0.4 is 9.64 Å². The Hall–Kier alpha value is -3.50. The molecule has 2 N–H and O–H groups in total. The van der Waals surface area contributed by atoms with Crippen LogP contribution in [0, 0.1) is 29.1 Å². The van der Waals surface area contributed by atoms with Crippen LogP contribution in [0.25, 0.3) is 0 Å². The zero-order valence-corrected chi connectivity index (χ0v) is 22.2. The van der Waals surface area contributed by atoms with E-state index in [-0.39, 0.29) is 29.4 Å². The third kappa shape index (κ3) is 3.13. The average Bonchev–Trinajstić information content (AvgIpc) is 3.25. The number of hydrogen-bond donors (Lipinski definition) is 2. The number of para-hydroxylation sites is 1. The summed E-state index contributed by atoms with van der Waals surface area (Å²) in [4.78, 5) is 55.1. The number of hydrogen-bond acceptors (Lipinski definition) is 7. The SMILES string of the molecule is COc1cc(Br)cc(C2C3=CCC4C(=O)N(O)C(=O)C4C3CC3C(=O)N(c4ccccc4)C(=O)C32C)c1O. The number of benzene rings is 2. The van der Waals surface area contributed by atoms with Crippen molar-refractivity contribution < 1.29 is 34.2 Å². The maximum Gasteiger partial charge on any atom is 0.257 e. The number of rotatable bonds is 3. The molecule has 2 heterocycles. The number of anilines is 1. The van der Waals surface area contributed by atoms with Crippen molar-refractivity contribution in [2.45, 2.75) is 25.7 Å². The lowest BCUT2D eigenvalue weighted by Crippen LogP contribution is -2.48. The topological polar surface area (TPSA) is 124 Å². The molecule has 2 aromatic carbocycles. The summed E-state index contributed by atoms with van der Waals surface area (Å²) < 4.78 is 5.99. The molecule has 0 bridgehead atoms. The maximum atomic E-state index is 14.3. The number of phenolic OH excluding ortho intramolecular Hbond substituents is 1. The van der Waals surface area contributed by atoms with Gasteiger partial charge in [0.25, 0.3) is 11.8 Å². The number of carbonyl (C=O) groups excluding carboxylic acids is 4. The molecule has 0 radical (unpaired) electrons. The zero-order valence-electron chi connectivity index (χ0n) is 20.6. The number of nitrogens with zero attached hydrogens (tertiary/aromatic N) is 2. The highest BCUT2D eigenvalue weighted by molar-refractivity contribution is 9.10. The molecule has 38 heavy (non-hydrogen) atoms. The van der Waals surface area contributed by atoms with Crippen LogP contribution in [-0.2, 0) is 19.2 Å². The van der Waals surface area contributed by atoms with E-state index >= 15 is 0 Å². The number of hydroxylamine groups is 2. The lowest BCUT2D eigenvalue weighted by Gasteiger charge is -2.49. The van der Waals surface area contributed by atoms with E-state index in [9.17, 15) is 29.5 Å². The molecule has 2 saturated heterocycles. The quantitative estimate of drug-likeness (QED) is 0.321. The van der Waals surface area contributed by atoms with Crippen LogP contribution >= 0.6 is 15.9 Å². The van der Waals surface area contributed by atoms with Crippen molar-refractivity contribution in [2.75, 3.05) is 12.0 Å². The number of halogens is 1. The average molecular weight is 581 g/mol. The summed E-state index contributed by atoms with van der Waals surface area (Å²) in [6.07, 6.45) is 2.20. The molecule has 4 aliphatic rings. The Morgan fingerprint density at radius 3 is 2.42 bits per heavy atom. The number of ether oxygens (including phenoxy) is 1. The van der Waals surface area contributed by atoms with Crippen molar-refractivity contribution in [3.8, 4) is 11.5 Å². The van der Waals surface area contributed by atoms with E-state index in [1.54, 1.807) is 49.4 Å². The van der Waals surface area contributed by atoms with Crippen molar-refractivity contribution in [1.29, 1.82) is 0 Å². The van der Waals surface area contributed by atoms with Gasteiger partial charge in [-0.15, -0.1) is 0 Å². The van der Waals surface area contributed by atoms with Gasteiger partial charge in [-0.3, -0.25) is 24.4 Å². The molecule has 3 fully saturated rings. The van der Waals surface area contributed by atoms with E-state index in [1.165, 1.54) is 12.0 Å². The molecular weight excluding hydrogens is 556 g/mol. The van der Waals surface area contributed by atoms with Gasteiger partial charge in [-0.25, -0.2) is 4.90 Å². The monoisotopic (exact) mass is 580 g/mol. The molecule has 6 unspecified atom stereocenters. The highest BCUT2D eigenvalue weighted by Gasteiger charge is 2.68. The van der Waals surface area contributed by atoms with Gasteiger partial charge < -0.3 is 9.84 Å². The number of allylic oxidation sites excluding steroid dienone is 2. The fraction of sp³-hybridized carbons (Fsp3) is 0.357. The minimum Gasteiger partial charge on any atom is -0.504 e. The first kappa shape index (κ1) is 24.8. The number of amides is 4. The second kappa shape index (κ2) is 8.51. The number of carbonyl (C=O) groups is 4. The highest BCUT2D eigenvalue weighted by Crippen LogP contribution is 2.64. The molecule has 1 saturated carbocycles. The summed E-state index contributed by atoms with van der Waals surface area (Å²) in [6.45, 7) is 1.74. The molecule has 0 aromatic heterocycles. The van der Waals surface area contributed by atoms with E-state index in [0.29, 0.717) is 21.3 Å². The van der Waals surface area contributed by atoms with Gasteiger partial charge in [-0.1, -0.05) is 45.8 Å². The van der Waals surface area contributed by atoms with Gasteiger partial charge in [-0.2, -0.15) is 5.06 Å². The number of imide groups is 2. The summed E-state index contributed by atoms with van der Waals surface area (Å²) in [5.41, 5.74) is 0.229. The van der Waals surface area contributed by atoms with Crippen molar-refractivity contribution in [2.24, 2.45) is 29.1 Å². The van der Waals surface area contributed by atoms with Crippen molar-refractivity contribution in [1.82, 2.24) is 5.06 Å². The predicted octanol–water partition coefficient (Wildman–Crippen LogP) is 3.78. The summed E-state index contributed by atoms with van der Waals surface area (Å²) in [7, 11) is 1.42. The standard InChI is InChI=1S/C28H25BrN2O7/c1-28-19(25(34)30(27(28)36)14-6-4-3-5-7-14)12-17-15(8-9-16-21(17)26(35)31(37)24(16)33)22(28)18-10-13(29)11-20(38-2)23(18)32/h3-8,10-11,16-17,19,21-22,32,37H,9,12H2,1-2H3. The van der Waals surface area contributed by atoms with E-state index in [1.807, 2.05) is 6.08 Å². The minimum absolute atomic E-state index is 0.159. The first-order valence-corrected chi connectivity index (χ1v) is 13.2. The molecule has 10 heteroatoms.